The Morgan fingerprint density at radius 3 is 2.58 bits per heavy atom. The summed E-state index contributed by atoms with van der Waals surface area (Å²) in [6, 6.07) is 17.9. The van der Waals surface area contributed by atoms with Crippen molar-refractivity contribution in [3.8, 4) is 0 Å². The molecule has 4 atom stereocenters. The summed E-state index contributed by atoms with van der Waals surface area (Å²) in [6.45, 7) is 2.52. The fraction of sp³-hybridized carbons (Fsp3) is 0.292. The number of nitrogens with zero attached hydrogens (tertiary/aromatic N) is 5. The second-order valence-electron chi connectivity index (χ2n) is 8.41. The second kappa shape index (κ2) is 7.80. The maximum Gasteiger partial charge on any atom is 0.212 e. The Morgan fingerprint density at radius 1 is 1.00 bits per heavy atom. The summed E-state index contributed by atoms with van der Waals surface area (Å²) in [7, 11) is 0. The lowest BCUT2D eigenvalue weighted by molar-refractivity contribution is -0.0286. The Kier molecular flexibility index (Phi) is 4.75. The van der Waals surface area contributed by atoms with Gasteiger partial charge in [-0.25, -0.2) is 15.0 Å². The van der Waals surface area contributed by atoms with Gasteiger partial charge in [0, 0.05) is 17.9 Å². The largest absolute Gasteiger partial charge is 0.388 e. The fourth-order valence-electron chi connectivity index (χ4n) is 4.67. The fourth-order valence-corrected chi connectivity index (χ4v) is 4.67. The first kappa shape index (κ1) is 20.1. The van der Waals surface area contributed by atoms with E-state index in [4.69, 9.17) is 9.72 Å². The molecule has 4 heterocycles. The van der Waals surface area contributed by atoms with Crippen molar-refractivity contribution >= 4 is 34.3 Å². The summed E-state index contributed by atoms with van der Waals surface area (Å²) in [5.74, 6) is 1.15. The quantitative estimate of drug-likeness (QED) is 0.441. The van der Waals surface area contributed by atoms with E-state index in [1.165, 1.54) is 11.9 Å². The van der Waals surface area contributed by atoms with Crippen LogP contribution >= 0.6 is 0 Å². The van der Waals surface area contributed by atoms with Crippen LogP contribution in [0.1, 0.15) is 18.7 Å². The number of ether oxygens (including phenoxy) is 1. The normalized spacial score (nSPS) is 24.4. The van der Waals surface area contributed by atoms with Crippen LogP contribution in [0.5, 0.6) is 0 Å². The van der Waals surface area contributed by atoms with Gasteiger partial charge in [0.05, 0.1) is 6.10 Å². The molecule has 1 saturated heterocycles. The number of nitrogens with one attached hydrogen (secondary N) is 1. The summed E-state index contributed by atoms with van der Waals surface area (Å²) in [5.41, 5.74) is 4.31. The first-order valence-corrected chi connectivity index (χ1v) is 11.0. The van der Waals surface area contributed by atoms with Crippen molar-refractivity contribution in [2.45, 2.75) is 37.9 Å². The zero-order chi connectivity index (χ0) is 22.5. The van der Waals surface area contributed by atoms with Crippen LogP contribution in [0.4, 0.5) is 23.1 Å². The third kappa shape index (κ3) is 3.24. The standard InChI is InChI=1S/C24H24N6O3/c1-14-19(31)20(32)23(33-14)30-22-18(28-24(30)27-16-8-3-2-4-9-16)21(25-13-26-22)29-12-11-15-7-5-6-10-17(15)29/h2-10,13-14,19-20,23,31-32H,11-12H2,1H3,(H,27,28)/t14-,19-,20-,23-/m1/s1. The predicted octanol–water partition coefficient (Wildman–Crippen LogP) is 2.90. The van der Waals surface area contributed by atoms with E-state index in [1.807, 2.05) is 42.5 Å². The lowest BCUT2D eigenvalue weighted by Gasteiger charge is -2.20. The van der Waals surface area contributed by atoms with Gasteiger partial charge >= 0.3 is 0 Å². The zero-order valence-corrected chi connectivity index (χ0v) is 18.0. The number of fused-ring (bicyclic) bond motifs is 2. The van der Waals surface area contributed by atoms with Gasteiger partial charge in [-0.1, -0.05) is 36.4 Å². The molecule has 0 bridgehead atoms. The van der Waals surface area contributed by atoms with E-state index in [1.54, 1.807) is 11.5 Å². The van der Waals surface area contributed by atoms with Crippen LogP contribution in [0.3, 0.4) is 0 Å². The van der Waals surface area contributed by atoms with Gasteiger partial charge in [-0.3, -0.25) is 4.57 Å². The molecule has 168 valence electrons. The van der Waals surface area contributed by atoms with Crippen molar-refractivity contribution in [3.63, 3.8) is 0 Å². The molecule has 0 unspecified atom stereocenters. The van der Waals surface area contributed by atoms with E-state index in [2.05, 4.69) is 32.3 Å². The molecule has 9 heteroatoms. The van der Waals surface area contributed by atoms with Gasteiger partial charge in [-0.15, -0.1) is 0 Å². The van der Waals surface area contributed by atoms with Crippen LogP contribution in [0, 0.1) is 0 Å². The SMILES string of the molecule is C[C@H]1O[C@@H](n2c(Nc3ccccc3)nc3c(N4CCc5ccccc54)ncnc32)[C@H](O)[C@@H]1O. The van der Waals surface area contributed by atoms with E-state index >= 15 is 0 Å². The van der Waals surface area contributed by atoms with Crippen LogP contribution in [-0.2, 0) is 11.2 Å². The first-order chi connectivity index (χ1) is 16.1. The summed E-state index contributed by atoms with van der Waals surface area (Å²) in [5, 5.41) is 24.4. The van der Waals surface area contributed by atoms with Crippen molar-refractivity contribution in [1.29, 1.82) is 0 Å². The minimum absolute atomic E-state index is 0.454. The number of imidazole rings is 1. The molecule has 0 amide bonds. The lowest BCUT2D eigenvalue weighted by Crippen LogP contribution is -2.30. The highest BCUT2D eigenvalue weighted by Gasteiger charge is 2.43. The Labute approximate surface area is 190 Å². The molecule has 0 radical (unpaired) electrons. The number of rotatable bonds is 4. The Bertz CT molecular complexity index is 1310. The topological polar surface area (TPSA) is 109 Å². The summed E-state index contributed by atoms with van der Waals surface area (Å²) in [6.07, 6.45) is -1.09. The predicted molar refractivity (Wildman–Crippen MR) is 124 cm³/mol. The molecular weight excluding hydrogens is 420 g/mol. The van der Waals surface area contributed by atoms with E-state index < -0.39 is 24.5 Å². The van der Waals surface area contributed by atoms with Crippen LogP contribution in [0.2, 0.25) is 0 Å². The zero-order valence-electron chi connectivity index (χ0n) is 18.0. The molecule has 2 aromatic heterocycles. The van der Waals surface area contributed by atoms with Gasteiger partial charge in [-0.05, 0) is 37.1 Å². The van der Waals surface area contributed by atoms with Crippen LogP contribution in [0.15, 0.2) is 60.9 Å². The van der Waals surface area contributed by atoms with E-state index in [0.717, 1.165) is 24.3 Å². The smallest absolute Gasteiger partial charge is 0.212 e. The molecule has 6 rings (SSSR count). The Hall–Kier alpha value is -3.53. The number of hydrogen-bond donors (Lipinski definition) is 3. The van der Waals surface area contributed by atoms with Crippen LogP contribution < -0.4 is 10.2 Å². The molecule has 0 saturated carbocycles. The molecule has 33 heavy (non-hydrogen) atoms. The van der Waals surface area contributed by atoms with Gasteiger partial charge in [-0.2, -0.15) is 0 Å². The minimum Gasteiger partial charge on any atom is -0.388 e. The third-order valence-corrected chi connectivity index (χ3v) is 6.36. The Balaban J connectivity index is 1.52. The van der Waals surface area contributed by atoms with Gasteiger partial charge in [0.15, 0.2) is 23.2 Å². The molecular formula is C24H24N6O3. The molecule has 3 N–H and O–H groups in total. The number of hydrogen-bond acceptors (Lipinski definition) is 8. The monoisotopic (exact) mass is 444 g/mol. The van der Waals surface area contributed by atoms with Gasteiger partial charge in [0.1, 0.15) is 18.5 Å². The van der Waals surface area contributed by atoms with Crippen molar-refractivity contribution in [2.24, 2.45) is 0 Å². The molecule has 2 aliphatic heterocycles. The number of aromatic nitrogens is 4. The van der Waals surface area contributed by atoms with Gasteiger partial charge in [0.25, 0.3) is 0 Å². The van der Waals surface area contributed by atoms with Crippen molar-refractivity contribution in [1.82, 2.24) is 19.5 Å². The first-order valence-electron chi connectivity index (χ1n) is 11.0. The van der Waals surface area contributed by atoms with Crippen LogP contribution in [0.25, 0.3) is 11.2 Å². The number of aliphatic hydroxyl groups excluding tert-OH is 2. The van der Waals surface area contributed by atoms with Crippen molar-refractivity contribution in [2.75, 3.05) is 16.8 Å². The lowest BCUT2D eigenvalue weighted by atomic mass is 10.1. The average molecular weight is 444 g/mol. The number of anilines is 4. The second-order valence-corrected chi connectivity index (χ2v) is 8.41. The van der Waals surface area contributed by atoms with E-state index in [-0.39, 0.29) is 0 Å². The van der Waals surface area contributed by atoms with Crippen molar-refractivity contribution < 1.29 is 14.9 Å². The molecule has 9 nitrogen and oxygen atoms in total. The van der Waals surface area contributed by atoms with Crippen LogP contribution in [-0.4, -0.2) is 54.6 Å². The molecule has 1 fully saturated rings. The minimum atomic E-state index is -1.13. The highest BCUT2D eigenvalue weighted by Crippen LogP contribution is 2.40. The highest BCUT2D eigenvalue weighted by atomic mass is 16.6. The maximum absolute atomic E-state index is 10.8. The van der Waals surface area contributed by atoms with Gasteiger partial charge < -0.3 is 25.2 Å². The number of para-hydroxylation sites is 2. The Morgan fingerprint density at radius 2 is 1.79 bits per heavy atom. The summed E-state index contributed by atoms with van der Waals surface area (Å²) >= 11 is 0. The maximum atomic E-state index is 10.8. The molecule has 0 spiro atoms. The molecule has 2 aliphatic rings. The molecule has 4 aromatic rings. The molecule has 2 aromatic carbocycles. The summed E-state index contributed by atoms with van der Waals surface area (Å²) < 4.78 is 7.66. The number of benzene rings is 2. The average Bonchev–Trinajstić information content (AvgIpc) is 3.50. The third-order valence-electron chi connectivity index (χ3n) is 6.36. The summed E-state index contributed by atoms with van der Waals surface area (Å²) in [4.78, 5) is 16.1. The van der Waals surface area contributed by atoms with Gasteiger partial charge in [0.2, 0.25) is 5.95 Å². The molecule has 0 aliphatic carbocycles. The van der Waals surface area contributed by atoms with Crippen molar-refractivity contribution in [3.05, 3.63) is 66.5 Å². The highest BCUT2D eigenvalue weighted by molar-refractivity contribution is 5.89. The van der Waals surface area contributed by atoms with E-state index in [0.29, 0.717) is 22.9 Å². The van der Waals surface area contributed by atoms with E-state index in [9.17, 15) is 10.2 Å². The number of aliphatic hydroxyl groups is 2.